The molecule has 0 N–H and O–H groups in total. The van der Waals surface area contributed by atoms with Crippen LogP contribution in [-0.2, 0) is 4.74 Å². The number of fused-ring (bicyclic) bond motifs is 1. The molecule has 0 atom stereocenters. The largest absolute Gasteiger partial charge is 0.488 e. The van der Waals surface area contributed by atoms with Crippen molar-refractivity contribution >= 4 is 11.8 Å². The maximum Gasteiger partial charge on any atom is 0.343 e. The molecule has 6 nitrogen and oxygen atoms in total. The number of rotatable bonds is 2. The molecule has 0 bridgehead atoms. The molecule has 23 heavy (non-hydrogen) atoms. The molecule has 1 aliphatic heterocycles. The van der Waals surface area contributed by atoms with Crippen LogP contribution in [0.5, 0.6) is 5.75 Å². The van der Waals surface area contributed by atoms with Crippen LogP contribution in [0, 0.1) is 5.82 Å². The van der Waals surface area contributed by atoms with Crippen LogP contribution in [0.4, 0.5) is 10.2 Å². The van der Waals surface area contributed by atoms with Crippen molar-refractivity contribution < 1.29 is 18.7 Å². The lowest BCUT2D eigenvalue weighted by Crippen LogP contribution is -2.37. The molecule has 2 aromatic rings. The number of carbonyl (C=O) groups is 1. The normalized spacial score (nSPS) is 13.3. The fourth-order valence-electron chi connectivity index (χ4n) is 2.53. The van der Waals surface area contributed by atoms with Crippen molar-refractivity contribution in [3.8, 4) is 11.4 Å². The fourth-order valence-corrected chi connectivity index (χ4v) is 2.53. The van der Waals surface area contributed by atoms with Crippen LogP contribution in [-0.4, -0.2) is 37.8 Å². The van der Waals surface area contributed by atoms with Crippen molar-refractivity contribution in [1.82, 2.24) is 4.57 Å². The molecular weight excluding hydrogens is 303 g/mol. The van der Waals surface area contributed by atoms with Crippen molar-refractivity contribution in [3.63, 3.8) is 0 Å². The molecule has 120 valence electrons. The lowest BCUT2D eigenvalue weighted by molar-refractivity contribution is 0.0597. The highest BCUT2D eigenvalue weighted by Crippen LogP contribution is 2.32. The predicted octanol–water partition coefficient (Wildman–Crippen LogP) is 1.59. The van der Waals surface area contributed by atoms with E-state index >= 15 is 0 Å². The van der Waals surface area contributed by atoms with Gasteiger partial charge in [-0.3, -0.25) is 9.36 Å². The number of pyridine rings is 1. The van der Waals surface area contributed by atoms with Crippen LogP contribution in [0.15, 0.2) is 35.1 Å². The van der Waals surface area contributed by atoms with Gasteiger partial charge in [-0.15, -0.1) is 0 Å². The molecule has 0 amide bonds. The maximum absolute atomic E-state index is 13.2. The molecular formula is C16H15FN2O4. The Hall–Kier alpha value is -2.83. The van der Waals surface area contributed by atoms with Gasteiger partial charge in [-0.25, -0.2) is 9.18 Å². The Labute approximate surface area is 131 Å². The SMILES string of the molecule is COC(=O)c1cc2c(n(-c3ccc(F)cc3)c1=O)N(C)CCO2. The average Bonchev–Trinajstić information content (AvgIpc) is 2.55. The highest BCUT2D eigenvalue weighted by atomic mass is 19.1. The van der Waals surface area contributed by atoms with E-state index in [-0.39, 0.29) is 5.56 Å². The number of hydrogen-bond donors (Lipinski definition) is 0. The Kier molecular flexibility index (Phi) is 3.77. The number of hydrogen-bond acceptors (Lipinski definition) is 5. The van der Waals surface area contributed by atoms with Crippen molar-refractivity contribution in [2.75, 3.05) is 32.2 Å². The van der Waals surface area contributed by atoms with E-state index in [0.29, 0.717) is 30.4 Å². The molecule has 0 fully saturated rings. The first-order chi connectivity index (χ1) is 11.0. The molecule has 3 rings (SSSR count). The number of carbonyl (C=O) groups excluding carboxylic acids is 1. The highest BCUT2D eigenvalue weighted by Gasteiger charge is 2.26. The van der Waals surface area contributed by atoms with Crippen LogP contribution >= 0.6 is 0 Å². The number of aromatic nitrogens is 1. The zero-order chi connectivity index (χ0) is 16.6. The molecule has 1 aromatic carbocycles. The van der Waals surface area contributed by atoms with E-state index in [2.05, 4.69) is 4.74 Å². The molecule has 7 heteroatoms. The Morgan fingerprint density at radius 1 is 1.30 bits per heavy atom. The van der Waals surface area contributed by atoms with Gasteiger partial charge in [0.1, 0.15) is 18.0 Å². The number of anilines is 1. The van der Waals surface area contributed by atoms with Crippen LogP contribution in [0.2, 0.25) is 0 Å². The first-order valence-electron chi connectivity index (χ1n) is 7.01. The third kappa shape index (κ3) is 2.54. The van der Waals surface area contributed by atoms with Crippen molar-refractivity contribution in [2.45, 2.75) is 0 Å². The van der Waals surface area contributed by atoms with Gasteiger partial charge in [-0.2, -0.15) is 0 Å². The molecule has 0 radical (unpaired) electrons. The lowest BCUT2D eigenvalue weighted by atomic mass is 10.2. The number of nitrogens with zero attached hydrogens (tertiary/aromatic N) is 2. The molecule has 0 saturated heterocycles. The molecule has 1 aromatic heterocycles. The lowest BCUT2D eigenvalue weighted by Gasteiger charge is -2.30. The first kappa shape index (κ1) is 15.1. The van der Waals surface area contributed by atoms with Gasteiger partial charge < -0.3 is 14.4 Å². The minimum Gasteiger partial charge on any atom is -0.488 e. The Balaban J connectivity index is 2.33. The molecule has 0 spiro atoms. The number of halogens is 1. The summed E-state index contributed by atoms with van der Waals surface area (Å²) in [6.07, 6.45) is 0. The van der Waals surface area contributed by atoms with Crippen LogP contribution < -0.4 is 15.2 Å². The van der Waals surface area contributed by atoms with E-state index in [0.717, 1.165) is 0 Å². The van der Waals surface area contributed by atoms with E-state index in [4.69, 9.17) is 4.74 Å². The summed E-state index contributed by atoms with van der Waals surface area (Å²) in [7, 11) is 3.02. The molecule has 1 aliphatic rings. The second-order valence-electron chi connectivity index (χ2n) is 5.12. The summed E-state index contributed by atoms with van der Waals surface area (Å²) in [5.74, 6) is -0.238. The monoisotopic (exact) mass is 318 g/mol. The van der Waals surface area contributed by atoms with Gasteiger partial charge in [0.25, 0.3) is 5.56 Å². The quantitative estimate of drug-likeness (QED) is 0.787. The van der Waals surface area contributed by atoms with Crippen LogP contribution in [0.25, 0.3) is 5.69 Å². The van der Waals surface area contributed by atoms with E-state index < -0.39 is 17.3 Å². The van der Waals surface area contributed by atoms with Crippen LogP contribution in [0.3, 0.4) is 0 Å². The first-order valence-corrected chi connectivity index (χ1v) is 7.01. The van der Waals surface area contributed by atoms with Gasteiger partial charge in [0, 0.05) is 13.1 Å². The van der Waals surface area contributed by atoms with Gasteiger partial charge in [-0.1, -0.05) is 0 Å². The number of esters is 1. The summed E-state index contributed by atoms with van der Waals surface area (Å²) >= 11 is 0. The topological polar surface area (TPSA) is 60.8 Å². The second-order valence-corrected chi connectivity index (χ2v) is 5.12. The third-order valence-electron chi connectivity index (χ3n) is 3.68. The van der Waals surface area contributed by atoms with Crippen molar-refractivity contribution in [3.05, 3.63) is 52.1 Å². The zero-order valence-corrected chi connectivity index (χ0v) is 12.7. The van der Waals surface area contributed by atoms with E-state index in [9.17, 15) is 14.0 Å². The Bertz CT molecular complexity index is 814. The van der Waals surface area contributed by atoms with Crippen molar-refractivity contribution in [2.24, 2.45) is 0 Å². The predicted molar refractivity (Wildman–Crippen MR) is 82.1 cm³/mol. The van der Waals surface area contributed by atoms with E-state index in [1.165, 1.54) is 42.0 Å². The summed E-state index contributed by atoms with van der Waals surface area (Å²) in [6.45, 7) is 1.02. The van der Waals surface area contributed by atoms with Gasteiger partial charge in [0.05, 0.1) is 19.3 Å². The molecule has 0 unspecified atom stereocenters. The fraction of sp³-hybridized carbons (Fsp3) is 0.250. The molecule has 0 saturated carbocycles. The molecule has 2 heterocycles. The van der Waals surface area contributed by atoms with Crippen molar-refractivity contribution in [1.29, 1.82) is 0 Å². The number of benzene rings is 1. The van der Waals surface area contributed by atoms with Gasteiger partial charge in [0.2, 0.25) is 0 Å². The van der Waals surface area contributed by atoms with Gasteiger partial charge >= 0.3 is 5.97 Å². The summed E-state index contributed by atoms with van der Waals surface area (Å²) in [5, 5.41) is 0. The Morgan fingerprint density at radius 3 is 2.65 bits per heavy atom. The minimum atomic E-state index is -0.745. The highest BCUT2D eigenvalue weighted by molar-refractivity contribution is 5.90. The van der Waals surface area contributed by atoms with Gasteiger partial charge in [0.15, 0.2) is 11.6 Å². The summed E-state index contributed by atoms with van der Waals surface area (Å²) < 4.78 is 24.8. The van der Waals surface area contributed by atoms with Gasteiger partial charge in [-0.05, 0) is 24.3 Å². The minimum absolute atomic E-state index is 0.133. The second kappa shape index (κ2) is 5.75. The third-order valence-corrected chi connectivity index (χ3v) is 3.68. The average molecular weight is 318 g/mol. The molecule has 0 aliphatic carbocycles. The summed E-state index contributed by atoms with van der Waals surface area (Å²) in [6, 6.07) is 6.84. The van der Waals surface area contributed by atoms with E-state index in [1.807, 2.05) is 11.9 Å². The summed E-state index contributed by atoms with van der Waals surface area (Å²) in [4.78, 5) is 26.5. The van der Waals surface area contributed by atoms with E-state index in [1.54, 1.807) is 0 Å². The Morgan fingerprint density at radius 2 is 2.00 bits per heavy atom. The van der Waals surface area contributed by atoms with Crippen LogP contribution in [0.1, 0.15) is 10.4 Å². The maximum atomic E-state index is 13.2. The smallest absolute Gasteiger partial charge is 0.343 e. The number of ether oxygens (including phenoxy) is 2. The number of likely N-dealkylation sites (N-methyl/N-ethyl adjacent to an activating group) is 1. The number of methoxy groups -OCH3 is 1. The standard InChI is InChI=1S/C16H15FN2O4/c1-18-7-8-23-13-9-12(16(21)22-2)15(20)19(14(13)18)11-5-3-10(17)4-6-11/h3-6,9H,7-8H2,1-2H3. The summed E-state index contributed by atoms with van der Waals surface area (Å²) in [5.41, 5.74) is -0.235. The zero-order valence-electron chi connectivity index (χ0n) is 12.7.